The Kier molecular flexibility index (Phi) is 6.46. The molecule has 0 amide bonds. The van der Waals surface area contributed by atoms with Crippen molar-refractivity contribution in [3.05, 3.63) is 81.2 Å². The van der Waals surface area contributed by atoms with Crippen molar-refractivity contribution in [1.29, 1.82) is 0 Å². The van der Waals surface area contributed by atoms with Crippen LogP contribution in [-0.2, 0) is 22.9 Å². The van der Waals surface area contributed by atoms with E-state index in [4.69, 9.17) is 16.3 Å². The van der Waals surface area contributed by atoms with E-state index in [9.17, 15) is 13.2 Å². The summed E-state index contributed by atoms with van der Waals surface area (Å²) >= 11 is 6.18. The summed E-state index contributed by atoms with van der Waals surface area (Å²) in [5.74, 6) is 0.248. The van der Waals surface area contributed by atoms with E-state index in [2.05, 4.69) is 17.2 Å². The highest BCUT2D eigenvalue weighted by Crippen LogP contribution is 2.33. The molecule has 6 rings (SSSR count). The van der Waals surface area contributed by atoms with Gasteiger partial charge in [0, 0.05) is 37.6 Å². The molecule has 194 valence electrons. The summed E-state index contributed by atoms with van der Waals surface area (Å²) in [6.07, 6.45) is 5.42. The minimum absolute atomic E-state index is 0.145. The smallest absolute Gasteiger partial charge is 0.316 e. The maximum absolute atomic E-state index is 13.8. The number of anilines is 1. The molecule has 3 aliphatic rings. The monoisotopic (exact) mass is 540 g/mol. The number of piperazine rings is 1. The number of halogens is 1. The van der Waals surface area contributed by atoms with Gasteiger partial charge < -0.3 is 9.64 Å². The summed E-state index contributed by atoms with van der Waals surface area (Å²) in [4.78, 5) is 15.8. The summed E-state index contributed by atoms with van der Waals surface area (Å²) in [7, 11) is -3.23. The SMILES string of the molecule is O=c1c(OC2CCc3ccccc3C2)c(N2CCN(S(=O)(=O)C3CC3)CC2)cnn1-c1cccc(Cl)c1. The van der Waals surface area contributed by atoms with Crippen LogP contribution in [0, 0.1) is 0 Å². The molecule has 1 atom stereocenters. The lowest BCUT2D eigenvalue weighted by Crippen LogP contribution is -2.50. The molecule has 2 heterocycles. The number of ether oxygens (including phenoxy) is 1. The van der Waals surface area contributed by atoms with Crippen LogP contribution in [-0.4, -0.2) is 60.0 Å². The van der Waals surface area contributed by atoms with Gasteiger partial charge in [-0.3, -0.25) is 4.79 Å². The van der Waals surface area contributed by atoms with Crippen molar-refractivity contribution in [1.82, 2.24) is 14.1 Å². The molecule has 10 heteroatoms. The van der Waals surface area contributed by atoms with E-state index in [1.165, 1.54) is 15.8 Å². The number of aryl methyl sites for hydroxylation is 1. The molecule has 37 heavy (non-hydrogen) atoms. The average molecular weight is 541 g/mol. The van der Waals surface area contributed by atoms with Crippen LogP contribution >= 0.6 is 11.6 Å². The molecule has 1 unspecified atom stereocenters. The van der Waals surface area contributed by atoms with Gasteiger partial charge >= 0.3 is 5.56 Å². The summed E-state index contributed by atoms with van der Waals surface area (Å²) in [6, 6.07) is 15.3. The Labute approximate surface area is 221 Å². The van der Waals surface area contributed by atoms with Crippen molar-refractivity contribution in [3.8, 4) is 11.4 Å². The number of sulfonamides is 1. The molecule has 0 bridgehead atoms. The molecule has 0 spiro atoms. The number of hydrogen-bond donors (Lipinski definition) is 0. The molecule has 0 radical (unpaired) electrons. The molecular formula is C27H29ClN4O4S. The van der Waals surface area contributed by atoms with Crippen LogP contribution in [0.15, 0.2) is 59.5 Å². The lowest BCUT2D eigenvalue weighted by molar-refractivity contribution is 0.181. The van der Waals surface area contributed by atoms with E-state index < -0.39 is 10.0 Å². The van der Waals surface area contributed by atoms with E-state index in [-0.39, 0.29) is 22.7 Å². The number of aromatic nitrogens is 2. The number of nitrogens with zero attached hydrogens (tertiary/aromatic N) is 4. The number of rotatable bonds is 6. The molecule has 1 aliphatic heterocycles. The van der Waals surface area contributed by atoms with E-state index in [0.29, 0.717) is 42.6 Å². The van der Waals surface area contributed by atoms with Crippen molar-refractivity contribution in [2.75, 3.05) is 31.1 Å². The zero-order chi connectivity index (χ0) is 25.6. The summed E-state index contributed by atoms with van der Waals surface area (Å²) in [5, 5.41) is 4.73. The lowest BCUT2D eigenvalue weighted by atomic mass is 9.90. The second-order valence-corrected chi connectivity index (χ2v) is 12.6. The fraction of sp³-hybridized carbons (Fsp3) is 0.407. The molecule has 8 nitrogen and oxygen atoms in total. The second kappa shape index (κ2) is 9.78. The van der Waals surface area contributed by atoms with Crippen LogP contribution in [0.25, 0.3) is 5.69 Å². The maximum Gasteiger partial charge on any atom is 0.316 e. The van der Waals surface area contributed by atoms with E-state index in [1.54, 1.807) is 34.8 Å². The third-order valence-electron chi connectivity index (χ3n) is 7.44. The van der Waals surface area contributed by atoms with Gasteiger partial charge in [0.1, 0.15) is 11.8 Å². The molecule has 1 saturated heterocycles. The Morgan fingerprint density at radius 2 is 1.70 bits per heavy atom. The normalized spacial score (nSPS) is 20.5. The standard InChI is InChI=1S/C27H29ClN4O4S/c28-21-6-3-7-22(17-21)32-27(33)26(36-23-9-8-19-4-1-2-5-20(19)16-23)25(18-29-32)30-12-14-31(15-13-30)37(34,35)24-10-11-24/h1-7,17-18,23-24H,8-16H2. The first-order valence-corrected chi connectivity index (χ1v) is 14.6. The average Bonchev–Trinajstić information content (AvgIpc) is 3.76. The van der Waals surface area contributed by atoms with Crippen molar-refractivity contribution in [3.63, 3.8) is 0 Å². The Bertz CT molecular complexity index is 1480. The fourth-order valence-corrected chi connectivity index (χ4v) is 7.26. The zero-order valence-corrected chi connectivity index (χ0v) is 22.0. The van der Waals surface area contributed by atoms with Crippen molar-refractivity contribution >= 4 is 27.3 Å². The van der Waals surface area contributed by atoms with Gasteiger partial charge in [-0.25, -0.2) is 8.42 Å². The molecule has 0 N–H and O–H groups in total. The van der Waals surface area contributed by atoms with Crippen LogP contribution in [0.2, 0.25) is 5.02 Å². The van der Waals surface area contributed by atoms with Gasteiger partial charge in [-0.15, -0.1) is 0 Å². The molecule has 2 fully saturated rings. The highest BCUT2D eigenvalue weighted by Gasteiger charge is 2.41. The van der Waals surface area contributed by atoms with Gasteiger partial charge in [-0.2, -0.15) is 14.1 Å². The van der Waals surface area contributed by atoms with Gasteiger partial charge in [-0.05, 0) is 55.0 Å². The highest BCUT2D eigenvalue weighted by molar-refractivity contribution is 7.90. The summed E-state index contributed by atoms with van der Waals surface area (Å²) in [5.41, 5.74) is 3.37. The van der Waals surface area contributed by atoms with Gasteiger partial charge in [0.2, 0.25) is 15.8 Å². The van der Waals surface area contributed by atoms with E-state index in [0.717, 1.165) is 32.1 Å². The van der Waals surface area contributed by atoms with E-state index in [1.807, 2.05) is 17.0 Å². The Morgan fingerprint density at radius 3 is 2.43 bits per heavy atom. The third-order valence-corrected chi connectivity index (χ3v) is 10.1. The molecule has 1 aromatic heterocycles. The lowest BCUT2D eigenvalue weighted by Gasteiger charge is -2.36. The van der Waals surface area contributed by atoms with Crippen LogP contribution < -0.4 is 15.2 Å². The van der Waals surface area contributed by atoms with Gasteiger partial charge in [0.25, 0.3) is 0 Å². The number of benzene rings is 2. The molecule has 2 aliphatic carbocycles. The topological polar surface area (TPSA) is 84.7 Å². The van der Waals surface area contributed by atoms with Crippen LogP contribution in [0.5, 0.6) is 5.75 Å². The minimum Gasteiger partial charge on any atom is -0.483 e. The molecule has 1 saturated carbocycles. The number of hydrogen-bond acceptors (Lipinski definition) is 6. The van der Waals surface area contributed by atoms with Crippen LogP contribution in [0.1, 0.15) is 30.4 Å². The fourth-order valence-electron chi connectivity index (χ4n) is 5.25. The molecular weight excluding hydrogens is 512 g/mol. The van der Waals surface area contributed by atoms with Gasteiger partial charge in [-0.1, -0.05) is 41.9 Å². The Balaban J connectivity index is 1.31. The third kappa shape index (κ3) is 4.87. The Hall–Kier alpha value is -2.88. The number of fused-ring (bicyclic) bond motifs is 1. The predicted molar refractivity (Wildman–Crippen MR) is 143 cm³/mol. The van der Waals surface area contributed by atoms with E-state index >= 15 is 0 Å². The van der Waals surface area contributed by atoms with Gasteiger partial charge in [0.05, 0.1) is 17.1 Å². The zero-order valence-electron chi connectivity index (χ0n) is 20.4. The first-order chi connectivity index (χ1) is 17.9. The molecule has 2 aromatic carbocycles. The molecule has 3 aromatic rings. The van der Waals surface area contributed by atoms with Crippen LogP contribution in [0.3, 0.4) is 0 Å². The largest absolute Gasteiger partial charge is 0.483 e. The minimum atomic E-state index is -3.23. The van der Waals surface area contributed by atoms with Gasteiger partial charge in [0.15, 0.2) is 0 Å². The van der Waals surface area contributed by atoms with Crippen molar-refractivity contribution < 1.29 is 13.2 Å². The predicted octanol–water partition coefficient (Wildman–Crippen LogP) is 3.44. The quantitative estimate of drug-likeness (QED) is 0.476. The summed E-state index contributed by atoms with van der Waals surface area (Å²) < 4.78 is 34.8. The first kappa shape index (κ1) is 24.5. The second-order valence-electron chi connectivity index (χ2n) is 9.94. The van der Waals surface area contributed by atoms with Crippen molar-refractivity contribution in [2.45, 2.75) is 43.5 Å². The van der Waals surface area contributed by atoms with Crippen molar-refractivity contribution in [2.24, 2.45) is 0 Å². The summed E-state index contributed by atoms with van der Waals surface area (Å²) in [6.45, 7) is 1.70. The Morgan fingerprint density at radius 1 is 0.946 bits per heavy atom. The first-order valence-electron chi connectivity index (χ1n) is 12.8. The highest BCUT2D eigenvalue weighted by atomic mass is 35.5. The maximum atomic E-state index is 13.8. The van der Waals surface area contributed by atoms with Crippen LogP contribution in [0.4, 0.5) is 5.69 Å².